The van der Waals surface area contributed by atoms with Crippen LogP contribution in [0.2, 0.25) is 0 Å². The van der Waals surface area contributed by atoms with Crippen molar-refractivity contribution in [2.75, 3.05) is 19.7 Å². The van der Waals surface area contributed by atoms with Crippen LogP contribution in [0.3, 0.4) is 0 Å². The van der Waals surface area contributed by atoms with Gasteiger partial charge in [0.05, 0.1) is 25.2 Å². The first-order chi connectivity index (χ1) is 10.7. The summed E-state index contributed by atoms with van der Waals surface area (Å²) in [7, 11) is 0. The van der Waals surface area contributed by atoms with Gasteiger partial charge in [0.2, 0.25) is 5.88 Å². The number of rotatable bonds is 3. The number of hydrogen-bond donors (Lipinski definition) is 0. The third-order valence-electron chi connectivity index (χ3n) is 3.45. The highest BCUT2D eigenvalue weighted by Gasteiger charge is 2.36. The first kappa shape index (κ1) is 14.3. The number of likely N-dealkylation sites (tertiary alicyclic amines) is 1. The topological polar surface area (TPSA) is 68.7 Å². The largest absolute Gasteiger partial charge is 0.471 e. The van der Waals surface area contributed by atoms with Gasteiger partial charge in [-0.3, -0.25) is 4.79 Å². The zero-order valence-electron chi connectivity index (χ0n) is 12.2. The first-order valence-electron chi connectivity index (χ1n) is 7.16. The number of pyridine rings is 1. The van der Waals surface area contributed by atoms with E-state index in [1.165, 1.54) is 4.90 Å². The molecular formula is C16H16N2O4. The number of aromatic nitrogens is 1. The third kappa shape index (κ3) is 2.86. The van der Waals surface area contributed by atoms with Crippen molar-refractivity contribution in [2.45, 2.75) is 13.0 Å². The smallest absolute Gasteiger partial charge is 0.397 e. The van der Waals surface area contributed by atoms with Crippen LogP contribution in [-0.4, -0.2) is 47.6 Å². The second-order valence-corrected chi connectivity index (χ2v) is 5.01. The highest BCUT2D eigenvalue weighted by molar-refractivity contribution is 6.32. The number of para-hydroxylation sites is 1. The van der Waals surface area contributed by atoms with E-state index in [1.807, 2.05) is 30.3 Å². The lowest BCUT2D eigenvalue weighted by molar-refractivity contribution is -0.164. The Kier molecular flexibility index (Phi) is 3.91. The summed E-state index contributed by atoms with van der Waals surface area (Å²) in [4.78, 5) is 28.8. The van der Waals surface area contributed by atoms with Crippen LogP contribution in [0.1, 0.15) is 6.92 Å². The van der Waals surface area contributed by atoms with Crippen LogP contribution in [0.25, 0.3) is 10.9 Å². The van der Waals surface area contributed by atoms with Crippen molar-refractivity contribution in [1.29, 1.82) is 0 Å². The molecule has 1 aromatic carbocycles. The normalized spacial score (nSPS) is 14.5. The SMILES string of the molecule is CCOC(=O)C(=O)N1CC(Oc2ccc3ccccc3n2)C1. The van der Waals surface area contributed by atoms with E-state index >= 15 is 0 Å². The van der Waals surface area contributed by atoms with Gasteiger partial charge in [-0.25, -0.2) is 9.78 Å². The van der Waals surface area contributed by atoms with Gasteiger partial charge in [-0.05, 0) is 19.1 Å². The Morgan fingerprint density at radius 3 is 2.77 bits per heavy atom. The van der Waals surface area contributed by atoms with Crippen LogP contribution >= 0.6 is 0 Å². The molecule has 0 saturated carbocycles. The molecule has 1 aromatic heterocycles. The molecule has 0 radical (unpaired) electrons. The molecule has 1 aliphatic rings. The predicted molar refractivity (Wildman–Crippen MR) is 79.4 cm³/mol. The van der Waals surface area contributed by atoms with E-state index in [4.69, 9.17) is 4.74 Å². The summed E-state index contributed by atoms with van der Waals surface area (Å²) in [5, 5.41) is 1.04. The Morgan fingerprint density at radius 2 is 2.00 bits per heavy atom. The van der Waals surface area contributed by atoms with E-state index < -0.39 is 11.9 Å². The molecule has 6 nitrogen and oxygen atoms in total. The lowest BCUT2D eigenvalue weighted by Gasteiger charge is -2.37. The van der Waals surface area contributed by atoms with Crippen molar-refractivity contribution in [3.63, 3.8) is 0 Å². The van der Waals surface area contributed by atoms with Crippen LogP contribution in [0.4, 0.5) is 0 Å². The van der Waals surface area contributed by atoms with Gasteiger partial charge in [0, 0.05) is 11.5 Å². The number of esters is 1. The van der Waals surface area contributed by atoms with Crippen LogP contribution in [-0.2, 0) is 14.3 Å². The van der Waals surface area contributed by atoms with Gasteiger partial charge in [-0.1, -0.05) is 18.2 Å². The Labute approximate surface area is 127 Å². The highest BCUT2D eigenvalue weighted by Crippen LogP contribution is 2.20. The summed E-state index contributed by atoms with van der Waals surface area (Å²) >= 11 is 0. The minimum atomic E-state index is -0.815. The molecule has 1 saturated heterocycles. The monoisotopic (exact) mass is 300 g/mol. The number of ether oxygens (including phenoxy) is 2. The molecule has 114 valence electrons. The molecule has 6 heteroatoms. The van der Waals surface area contributed by atoms with Crippen LogP contribution < -0.4 is 4.74 Å². The highest BCUT2D eigenvalue weighted by atomic mass is 16.5. The number of carbonyl (C=O) groups is 2. The Morgan fingerprint density at radius 1 is 1.23 bits per heavy atom. The van der Waals surface area contributed by atoms with Gasteiger partial charge in [-0.2, -0.15) is 0 Å². The lowest BCUT2D eigenvalue weighted by atomic mass is 10.1. The Balaban J connectivity index is 1.57. The molecule has 2 heterocycles. The standard InChI is InChI=1S/C16H16N2O4/c1-2-21-16(20)15(19)18-9-12(10-18)22-14-8-7-11-5-3-4-6-13(11)17-14/h3-8,12H,2,9-10H2,1H3. The van der Waals surface area contributed by atoms with E-state index in [9.17, 15) is 9.59 Å². The van der Waals surface area contributed by atoms with Crippen molar-refractivity contribution in [2.24, 2.45) is 0 Å². The Hall–Kier alpha value is -2.63. The summed E-state index contributed by atoms with van der Waals surface area (Å²) in [6.07, 6.45) is -0.146. The van der Waals surface area contributed by atoms with E-state index in [0.717, 1.165) is 10.9 Å². The molecule has 22 heavy (non-hydrogen) atoms. The fourth-order valence-corrected chi connectivity index (χ4v) is 2.28. The molecule has 0 unspecified atom stereocenters. The van der Waals surface area contributed by atoms with Crippen LogP contribution in [0, 0.1) is 0 Å². The average Bonchev–Trinajstić information content (AvgIpc) is 2.50. The fourth-order valence-electron chi connectivity index (χ4n) is 2.28. The maximum Gasteiger partial charge on any atom is 0.397 e. The van der Waals surface area contributed by atoms with Crippen molar-refractivity contribution >= 4 is 22.8 Å². The van der Waals surface area contributed by atoms with Gasteiger partial charge in [0.1, 0.15) is 6.10 Å². The summed E-state index contributed by atoms with van der Waals surface area (Å²) in [6.45, 7) is 2.59. The molecule has 1 amide bonds. The average molecular weight is 300 g/mol. The zero-order chi connectivity index (χ0) is 15.5. The quantitative estimate of drug-likeness (QED) is 0.633. The molecule has 0 atom stereocenters. The van der Waals surface area contributed by atoms with Gasteiger partial charge in [0.25, 0.3) is 0 Å². The first-order valence-corrected chi connectivity index (χ1v) is 7.16. The van der Waals surface area contributed by atoms with Crippen molar-refractivity contribution in [1.82, 2.24) is 9.88 Å². The van der Waals surface area contributed by atoms with Gasteiger partial charge >= 0.3 is 11.9 Å². The number of amides is 1. The summed E-state index contributed by atoms with van der Waals surface area (Å²) in [5.74, 6) is -0.912. The molecule has 2 aromatic rings. The third-order valence-corrected chi connectivity index (χ3v) is 3.45. The number of hydrogen-bond acceptors (Lipinski definition) is 5. The van der Waals surface area contributed by atoms with Gasteiger partial charge < -0.3 is 14.4 Å². The van der Waals surface area contributed by atoms with E-state index in [-0.39, 0.29) is 12.7 Å². The molecule has 0 spiro atoms. The van der Waals surface area contributed by atoms with Gasteiger partial charge in [-0.15, -0.1) is 0 Å². The number of carbonyl (C=O) groups excluding carboxylic acids is 2. The molecule has 1 fully saturated rings. The summed E-state index contributed by atoms with van der Waals surface area (Å²) < 4.78 is 10.4. The zero-order valence-corrected chi connectivity index (χ0v) is 12.2. The van der Waals surface area contributed by atoms with Gasteiger partial charge in [0.15, 0.2) is 0 Å². The summed E-state index contributed by atoms with van der Waals surface area (Å²) in [5.41, 5.74) is 0.860. The van der Waals surface area contributed by atoms with Crippen molar-refractivity contribution in [3.8, 4) is 5.88 Å². The fraction of sp³-hybridized carbons (Fsp3) is 0.312. The molecular weight excluding hydrogens is 284 g/mol. The molecule has 0 aliphatic carbocycles. The number of nitrogens with zero attached hydrogens (tertiary/aromatic N) is 2. The molecule has 3 rings (SSSR count). The predicted octanol–water partition coefficient (Wildman–Crippen LogP) is 1.39. The maximum atomic E-state index is 11.7. The van der Waals surface area contributed by atoms with E-state index in [1.54, 1.807) is 13.0 Å². The number of benzene rings is 1. The lowest BCUT2D eigenvalue weighted by Crippen LogP contribution is -2.58. The molecule has 0 bridgehead atoms. The number of fused-ring (bicyclic) bond motifs is 1. The summed E-state index contributed by atoms with van der Waals surface area (Å²) in [6, 6.07) is 11.5. The molecule has 0 N–H and O–H groups in total. The van der Waals surface area contributed by atoms with Crippen molar-refractivity contribution in [3.05, 3.63) is 36.4 Å². The van der Waals surface area contributed by atoms with Crippen LogP contribution in [0.5, 0.6) is 5.88 Å². The second-order valence-electron chi connectivity index (χ2n) is 5.01. The maximum absolute atomic E-state index is 11.7. The minimum Gasteiger partial charge on any atom is -0.471 e. The minimum absolute atomic E-state index is 0.146. The van der Waals surface area contributed by atoms with E-state index in [0.29, 0.717) is 19.0 Å². The molecule has 1 aliphatic heterocycles. The van der Waals surface area contributed by atoms with E-state index in [2.05, 4.69) is 9.72 Å². The Bertz CT molecular complexity index is 710. The van der Waals surface area contributed by atoms with Crippen molar-refractivity contribution < 1.29 is 19.1 Å². The second kappa shape index (κ2) is 6.01. The van der Waals surface area contributed by atoms with Crippen LogP contribution in [0.15, 0.2) is 36.4 Å².